The number of aliphatic imine (C=N–C) groups is 1. The molecule has 0 radical (unpaired) electrons. The first-order valence-corrected chi connectivity index (χ1v) is 9.21. The molecule has 1 atom stereocenters. The minimum Gasteiger partial charge on any atom is -0.489 e. The van der Waals surface area contributed by atoms with Crippen LogP contribution in [0.25, 0.3) is 0 Å². The number of benzene rings is 1. The molecule has 1 unspecified atom stereocenters. The molecular weight excluding hydrogens is 455 g/mol. The van der Waals surface area contributed by atoms with Crippen molar-refractivity contribution < 1.29 is 9.26 Å². The predicted molar refractivity (Wildman–Crippen MR) is 120 cm³/mol. The van der Waals surface area contributed by atoms with Gasteiger partial charge in [0.1, 0.15) is 17.6 Å². The van der Waals surface area contributed by atoms with Crippen molar-refractivity contribution in [3.05, 3.63) is 46.8 Å². The molecule has 2 aromatic rings. The van der Waals surface area contributed by atoms with E-state index in [1.807, 2.05) is 31.2 Å². The van der Waals surface area contributed by atoms with Crippen molar-refractivity contribution >= 4 is 29.9 Å². The van der Waals surface area contributed by atoms with Gasteiger partial charge in [-0.2, -0.15) is 0 Å². The summed E-state index contributed by atoms with van der Waals surface area (Å²) in [6.45, 7) is 9.54. The molecule has 0 aliphatic rings. The molecule has 0 fully saturated rings. The van der Waals surface area contributed by atoms with Gasteiger partial charge in [0.15, 0.2) is 5.96 Å². The molecule has 1 aromatic heterocycles. The number of guanidine groups is 1. The van der Waals surface area contributed by atoms with E-state index in [4.69, 9.17) is 9.26 Å². The molecule has 0 saturated heterocycles. The van der Waals surface area contributed by atoms with E-state index in [-0.39, 0.29) is 30.1 Å². The van der Waals surface area contributed by atoms with E-state index in [2.05, 4.69) is 41.6 Å². The average Bonchev–Trinajstić information content (AvgIpc) is 3.05. The second-order valence-corrected chi connectivity index (χ2v) is 6.29. The summed E-state index contributed by atoms with van der Waals surface area (Å²) < 4.78 is 11.3. The van der Waals surface area contributed by atoms with E-state index in [1.165, 1.54) is 5.56 Å². The monoisotopic (exact) mass is 486 g/mol. The molecule has 0 amide bonds. The molecular formula is C20H31IN4O2. The van der Waals surface area contributed by atoms with Crippen LogP contribution in [0.5, 0.6) is 5.75 Å². The normalized spacial score (nSPS) is 12.3. The summed E-state index contributed by atoms with van der Waals surface area (Å²) in [5, 5.41) is 10.8. The van der Waals surface area contributed by atoms with Crippen molar-refractivity contribution in [1.29, 1.82) is 0 Å². The van der Waals surface area contributed by atoms with E-state index in [0.717, 1.165) is 41.6 Å². The molecule has 1 heterocycles. The van der Waals surface area contributed by atoms with E-state index in [9.17, 15) is 0 Å². The van der Waals surface area contributed by atoms with Gasteiger partial charge in [0.2, 0.25) is 0 Å². The molecule has 0 bridgehead atoms. The van der Waals surface area contributed by atoms with Gasteiger partial charge < -0.3 is 19.9 Å². The maximum absolute atomic E-state index is 5.92. The number of halogens is 1. The highest BCUT2D eigenvalue weighted by molar-refractivity contribution is 14.0. The van der Waals surface area contributed by atoms with Crippen molar-refractivity contribution in [2.24, 2.45) is 4.99 Å². The first kappa shape index (κ1) is 23.3. The Morgan fingerprint density at radius 3 is 2.48 bits per heavy atom. The Kier molecular flexibility index (Phi) is 10.2. The lowest BCUT2D eigenvalue weighted by Crippen LogP contribution is -2.41. The Morgan fingerprint density at radius 1 is 1.19 bits per heavy atom. The lowest BCUT2D eigenvalue weighted by Gasteiger charge is -2.18. The highest BCUT2D eigenvalue weighted by Gasteiger charge is 2.14. The van der Waals surface area contributed by atoms with Crippen LogP contribution in [0.15, 0.2) is 33.8 Å². The van der Waals surface area contributed by atoms with Crippen molar-refractivity contribution in [3.8, 4) is 5.75 Å². The van der Waals surface area contributed by atoms with Crippen LogP contribution in [0.2, 0.25) is 0 Å². The molecule has 1 aromatic carbocycles. The van der Waals surface area contributed by atoms with Gasteiger partial charge in [-0.25, -0.2) is 0 Å². The zero-order valence-electron chi connectivity index (χ0n) is 16.8. The Labute approximate surface area is 179 Å². The number of hydrogen-bond acceptors (Lipinski definition) is 4. The van der Waals surface area contributed by atoms with E-state index in [1.54, 1.807) is 7.05 Å². The van der Waals surface area contributed by atoms with Crippen LogP contribution in [0.3, 0.4) is 0 Å². The number of hydrogen-bond donors (Lipinski definition) is 2. The average molecular weight is 486 g/mol. The Morgan fingerprint density at radius 2 is 1.89 bits per heavy atom. The fraction of sp³-hybridized carbons (Fsp3) is 0.500. The van der Waals surface area contributed by atoms with E-state index >= 15 is 0 Å². The summed E-state index contributed by atoms with van der Waals surface area (Å²) >= 11 is 0. The molecule has 150 valence electrons. The second kappa shape index (κ2) is 11.8. The van der Waals surface area contributed by atoms with Gasteiger partial charge in [-0.1, -0.05) is 36.7 Å². The number of nitrogens with one attached hydrogen (secondary N) is 2. The topological polar surface area (TPSA) is 71.7 Å². The fourth-order valence-electron chi connectivity index (χ4n) is 2.66. The molecule has 2 rings (SSSR count). The fourth-order valence-corrected chi connectivity index (χ4v) is 2.66. The lowest BCUT2D eigenvalue weighted by molar-refractivity contribution is 0.224. The third-order valence-electron chi connectivity index (χ3n) is 4.18. The molecule has 2 N–H and O–H groups in total. The number of nitrogens with zero attached hydrogens (tertiary/aromatic N) is 2. The summed E-state index contributed by atoms with van der Waals surface area (Å²) in [7, 11) is 1.76. The van der Waals surface area contributed by atoms with Gasteiger partial charge in [0.25, 0.3) is 0 Å². The van der Waals surface area contributed by atoms with E-state index in [0.29, 0.717) is 13.1 Å². The molecule has 27 heavy (non-hydrogen) atoms. The maximum Gasteiger partial charge on any atom is 0.191 e. The first-order chi connectivity index (χ1) is 12.6. The quantitative estimate of drug-likeness (QED) is 0.337. The van der Waals surface area contributed by atoms with Gasteiger partial charge in [-0.3, -0.25) is 4.99 Å². The van der Waals surface area contributed by atoms with Gasteiger partial charge >= 0.3 is 0 Å². The summed E-state index contributed by atoms with van der Waals surface area (Å²) in [4.78, 5) is 4.28. The summed E-state index contributed by atoms with van der Waals surface area (Å²) in [6, 6.07) is 8.07. The predicted octanol–water partition coefficient (Wildman–Crippen LogP) is 3.86. The number of aromatic nitrogens is 1. The maximum atomic E-state index is 5.92. The molecule has 0 saturated carbocycles. The molecule has 0 spiro atoms. The van der Waals surface area contributed by atoms with Crippen molar-refractivity contribution in [1.82, 2.24) is 15.8 Å². The minimum absolute atomic E-state index is 0. The van der Waals surface area contributed by atoms with Gasteiger partial charge in [-0.05, 0) is 32.4 Å². The first-order valence-electron chi connectivity index (χ1n) is 9.21. The van der Waals surface area contributed by atoms with Crippen LogP contribution in [0.4, 0.5) is 0 Å². The van der Waals surface area contributed by atoms with Crippen molar-refractivity contribution in [3.63, 3.8) is 0 Å². The van der Waals surface area contributed by atoms with Crippen LogP contribution in [-0.2, 0) is 19.4 Å². The van der Waals surface area contributed by atoms with Crippen LogP contribution in [0, 0.1) is 6.92 Å². The molecule has 6 nitrogen and oxygen atoms in total. The third kappa shape index (κ3) is 7.04. The lowest BCUT2D eigenvalue weighted by atomic mass is 10.1. The van der Waals surface area contributed by atoms with Crippen LogP contribution in [-0.4, -0.2) is 30.8 Å². The summed E-state index contributed by atoms with van der Waals surface area (Å²) in [5.41, 5.74) is 3.35. The zero-order chi connectivity index (χ0) is 18.9. The van der Waals surface area contributed by atoms with Crippen LogP contribution in [0.1, 0.15) is 43.4 Å². The highest BCUT2D eigenvalue weighted by atomic mass is 127. The van der Waals surface area contributed by atoms with Crippen molar-refractivity contribution in [2.75, 3.05) is 13.6 Å². The standard InChI is InChI=1S/C20H30N4O2.HI/c1-6-18-17(19(7-2)26-24-18)13-23-20(21-5)22-12-15(4)25-16-10-8-14(3)9-11-16;/h8-11,15H,6-7,12-13H2,1-5H3,(H2,21,22,23);1H. The van der Waals surface area contributed by atoms with Crippen LogP contribution >= 0.6 is 24.0 Å². The highest BCUT2D eigenvalue weighted by Crippen LogP contribution is 2.15. The number of rotatable bonds is 8. The summed E-state index contributed by atoms with van der Waals surface area (Å²) in [5.74, 6) is 2.54. The Balaban J connectivity index is 0.00000364. The van der Waals surface area contributed by atoms with Crippen LogP contribution < -0.4 is 15.4 Å². The zero-order valence-corrected chi connectivity index (χ0v) is 19.2. The van der Waals surface area contributed by atoms with Gasteiger partial charge in [-0.15, -0.1) is 24.0 Å². The van der Waals surface area contributed by atoms with Gasteiger partial charge in [0.05, 0.1) is 12.2 Å². The molecule has 7 heteroatoms. The van der Waals surface area contributed by atoms with E-state index < -0.39 is 0 Å². The second-order valence-electron chi connectivity index (χ2n) is 6.29. The number of aryl methyl sites for hydroxylation is 3. The smallest absolute Gasteiger partial charge is 0.191 e. The third-order valence-corrected chi connectivity index (χ3v) is 4.18. The van der Waals surface area contributed by atoms with Gasteiger partial charge in [0, 0.05) is 25.6 Å². The summed E-state index contributed by atoms with van der Waals surface area (Å²) in [6.07, 6.45) is 1.70. The largest absolute Gasteiger partial charge is 0.489 e. The number of ether oxygens (including phenoxy) is 1. The molecule has 0 aliphatic heterocycles. The van der Waals surface area contributed by atoms with Crippen molar-refractivity contribution in [2.45, 2.75) is 53.2 Å². The Hall–Kier alpha value is -1.77. The minimum atomic E-state index is 0. The molecule has 0 aliphatic carbocycles. The SMILES string of the molecule is CCc1noc(CC)c1CNC(=NC)NCC(C)Oc1ccc(C)cc1.I. The Bertz CT molecular complexity index is 692.